The number of amides is 1. The molecule has 0 aliphatic carbocycles. The molecule has 3 aromatic rings. The van der Waals surface area contributed by atoms with E-state index in [2.05, 4.69) is 70.9 Å². The molecule has 1 heterocycles. The van der Waals surface area contributed by atoms with Crippen LogP contribution in [0, 0.1) is 0 Å². The third kappa shape index (κ3) is 7.09. The predicted molar refractivity (Wildman–Crippen MR) is 138 cm³/mol. The van der Waals surface area contributed by atoms with E-state index in [1.807, 2.05) is 22.8 Å². The van der Waals surface area contributed by atoms with E-state index >= 15 is 0 Å². The van der Waals surface area contributed by atoms with Crippen molar-refractivity contribution in [1.29, 1.82) is 0 Å². The number of carbonyl (C=O) groups excluding carboxylic acids is 1. The molecule has 9 heteroatoms. The average molecular weight is 550 g/mol. The van der Waals surface area contributed by atoms with Crippen LogP contribution in [-0.2, 0) is 23.4 Å². The fourth-order valence-electron chi connectivity index (χ4n) is 2.95. The zero-order chi connectivity index (χ0) is 24.0. The van der Waals surface area contributed by atoms with E-state index in [4.69, 9.17) is 16.3 Å². The molecule has 174 valence electrons. The summed E-state index contributed by atoms with van der Waals surface area (Å²) in [7, 11) is 0. The van der Waals surface area contributed by atoms with Gasteiger partial charge in [0.05, 0.1) is 16.5 Å². The molecule has 0 aliphatic rings. The molecule has 0 atom stereocenters. The highest BCUT2D eigenvalue weighted by Gasteiger charge is 2.16. The summed E-state index contributed by atoms with van der Waals surface area (Å²) in [6, 6.07) is 13.4. The first-order valence-corrected chi connectivity index (χ1v) is 12.5. The van der Waals surface area contributed by atoms with Gasteiger partial charge in [0.1, 0.15) is 12.4 Å². The number of ether oxygens (including phenoxy) is 1. The highest BCUT2D eigenvalue weighted by molar-refractivity contribution is 9.10. The summed E-state index contributed by atoms with van der Waals surface area (Å²) in [5, 5.41) is 12.4. The molecule has 0 saturated carbocycles. The summed E-state index contributed by atoms with van der Waals surface area (Å²) in [4.78, 5) is 12.4. The molecule has 0 unspecified atom stereocenters. The Morgan fingerprint density at radius 3 is 2.61 bits per heavy atom. The quantitative estimate of drug-likeness (QED) is 0.244. The number of nitrogens with zero attached hydrogens (tertiary/aromatic N) is 3. The van der Waals surface area contributed by atoms with Crippen molar-refractivity contribution in [2.75, 3.05) is 11.1 Å². The van der Waals surface area contributed by atoms with E-state index in [-0.39, 0.29) is 23.7 Å². The van der Waals surface area contributed by atoms with Crippen LogP contribution in [0.5, 0.6) is 5.75 Å². The van der Waals surface area contributed by atoms with Gasteiger partial charge < -0.3 is 10.1 Å². The maximum atomic E-state index is 12.4. The summed E-state index contributed by atoms with van der Waals surface area (Å²) >= 11 is 10.8. The first-order chi connectivity index (χ1) is 15.7. The number of benzene rings is 2. The highest BCUT2D eigenvalue weighted by atomic mass is 79.9. The number of nitrogens with one attached hydrogen (secondary N) is 1. The lowest BCUT2D eigenvalue weighted by molar-refractivity contribution is -0.113. The van der Waals surface area contributed by atoms with Gasteiger partial charge in [-0.2, -0.15) is 0 Å². The molecule has 0 saturated heterocycles. The molecule has 0 radical (unpaired) electrons. The van der Waals surface area contributed by atoms with E-state index in [1.165, 1.54) is 17.3 Å². The topological polar surface area (TPSA) is 69.0 Å². The van der Waals surface area contributed by atoms with E-state index in [0.29, 0.717) is 28.2 Å². The minimum Gasteiger partial charge on any atom is -0.486 e. The third-order valence-corrected chi connectivity index (χ3v) is 6.50. The Bertz CT molecular complexity index is 1130. The lowest BCUT2D eigenvalue weighted by atomic mass is 9.87. The Morgan fingerprint density at radius 2 is 1.97 bits per heavy atom. The lowest BCUT2D eigenvalue weighted by Gasteiger charge is -2.19. The van der Waals surface area contributed by atoms with E-state index in [9.17, 15) is 4.79 Å². The zero-order valence-corrected chi connectivity index (χ0v) is 21.9. The van der Waals surface area contributed by atoms with Gasteiger partial charge in [-0.15, -0.1) is 16.8 Å². The molecule has 0 aliphatic heterocycles. The molecule has 2 aromatic carbocycles. The molecule has 0 fully saturated rings. The zero-order valence-electron chi connectivity index (χ0n) is 18.8. The van der Waals surface area contributed by atoms with Gasteiger partial charge in [-0.05, 0) is 41.3 Å². The van der Waals surface area contributed by atoms with Crippen LogP contribution in [-0.4, -0.2) is 26.4 Å². The SMILES string of the molecule is C=CCn1c(COc2ccc(C(C)(C)C)cc2)nnc1SCC(=O)Nc1ccc(Br)cc1Cl. The Hall–Kier alpha value is -2.29. The molecule has 1 amide bonds. The number of anilines is 1. The van der Waals surface area contributed by atoms with Crippen LogP contribution in [0.15, 0.2) is 64.7 Å². The van der Waals surface area contributed by atoms with Crippen molar-refractivity contribution >= 4 is 50.9 Å². The van der Waals surface area contributed by atoms with Crippen molar-refractivity contribution in [2.45, 2.75) is 44.5 Å². The number of rotatable bonds is 9. The molecular formula is C24H26BrClN4O2S. The Kier molecular flexibility index (Phi) is 8.62. The maximum Gasteiger partial charge on any atom is 0.234 e. The van der Waals surface area contributed by atoms with E-state index in [0.717, 1.165) is 10.2 Å². The molecule has 1 aromatic heterocycles. The molecule has 6 nitrogen and oxygen atoms in total. The average Bonchev–Trinajstić information content (AvgIpc) is 3.14. The minimum absolute atomic E-state index is 0.0871. The molecule has 0 spiro atoms. The molecule has 33 heavy (non-hydrogen) atoms. The smallest absolute Gasteiger partial charge is 0.234 e. The Labute approximate surface area is 211 Å². The van der Waals surface area contributed by atoms with Gasteiger partial charge in [0.15, 0.2) is 11.0 Å². The second kappa shape index (κ2) is 11.2. The molecular weight excluding hydrogens is 524 g/mol. The number of hydrogen-bond donors (Lipinski definition) is 1. The maximum absolute atomic E-state index is 12.4. The fraction of sp³-hybridized carbons (Fsp3) is 0.292. The predicted octanol–water partition coefficient (Wildman–Crippen LogP) is 6.49. The van der Waals surface area contributed by atoms with Gasteiger partial charge in [0.2, 0.25) is 5.91 Å². The van der Waals surface area contributed by atoms with Gasteiger partial charge in [0, 0.05) is 11.0 Å². The number of halogens is 2. The van der Waals surface area contributed by atoms with Crippen LogP contribution in [0.3, 0.4) is 0 Å². The second-order valence-electron chi connectivity index (χ2n) is 8.32. The molecule has 1 N–H and O–H groups in total. The van der Waals surface area contributed by atoms with Crippen molar-refractivity contribution in [3.63, 3.8) is 0 Å². The summed E-state index contributed by atoms with van der Waals surface area (Å²) in [5.74, 6) is 1.40. The minimum atomic E-state index is -0.186. The monoisotopic (exact) mass is 548 g/mol. The summed E-state index contributed by atoms with van der Waals surface area (Å²) < 4.78 is 8.66. The number of aromatic nitrogens is 3. The molecule has 3 rings (SSSR count). The van der Waals surface area contributed by atoms with Crippen LogP contribution < -0.4 is 10.1 Å². The first-order valence-electron chi connectivity index (χ1n) is 10.3. The van der Waals surface area contributed by atoms with Crippen molar-refractivity contribution in [3.8, 4) is 5.75 Å². The Balaban J connectivity index is 1.61. The van der Waals surface area contributed by atoms with Crippen molar-refractivity contribution in [3.05, 3.63) is 76.0 Å². The normalized spacial score (nSPS) is 11.3. The van der Waals surface area contributed by atoms with Crippen LogP contribution >= 0.6 is 39.3 Å². The summed E-state index contributed by atoms with van der Waals surface area (Å²) in [6.45, 7) is 11.1. The van der Waals surface area contributed by atoms with Gasteiger partial charge in [-0.3, -0.25) is 9.36 Å². The summed E-state index contributed by atoms with van der Waals surface area (Å²) in [5.41, 5.74) is 1.89. The highest BCUT2D eigenvalue weighted by Crippen LogP contribution is 2.27. The van der Waals surface area contributed by atoms with Crippen LogP contribution in [0.2, 0.25) is 5.02 Å². The van der Waals surface area contributed by atoms with Crippen molar-refractivity contribution < 1.29 is 9.53 Å². The molecule has 0 bridgehead atoms. The van der Waals surface area contributed by atoms with Gasteiger partial charge in [-0.25, -0.2) is 0 Å². The van der Waals surface area contributed by atoms with Crippen molar-refractivity contribution in [1.82, 2.24) is 14.8 Å². The van der Waals surface area contributed by atoms with Crippen LogP contribution in [0.4, 0.5) is 5.69 Å². The van der Waals surface area contributed by atoms with Gasteiger partial charge in [0.25, 0.3) is 0 Å². The van der Waals surface area contributed by atoms with Gasteiger partial charge in [-0.1, -0.05) is 78.3 Å². The standard InChI is InChI=1S/C24H26BrClN4O2S/c1-5-12-30-21(14-32-18-9-6-16(7-10-18)24(2,3)4)28-29-23(30)33-15-22(31)27-20-11-8-17(25)13-19(20)26/h5-11,13H,1,12,14-15H2,2-4H3,(H,27,31). The number of allylic oxidation sites excluding steroid dienone is 1. The number of thioether (sulfide) groups is 1. The third-order valence-electron chi connectivity index (χ3n) is 4.73. The fourth-order valence-corrected chi connectivity index (χ4v) is 4.44. The van der Waals surface area contributed by atoms with Crippen molar-refractivity contribution in [2.24, 2.45) is 0 Å². The van der Waals surface area contributed by atoms with Gasteiger partial charge >= 0.3 is 0 Å². The lowest BCUT2D eigenvalue weighted by Crippen LogP contribution is -2.15. The summed E-state index contributed by atoms with van der Waals surface area (Å²) in [6.07, 6.45) is 1.76. The van der Waals surface area contributed by atoms with E-state index in [1.54, 1.807) is 18.2 Å². The first kappa shape index (κ1) is 25.3. The number of hydrogen-bond acceptors (Lipinski definition) is 5. The van der Waals surface area contributed by atoms with Crippen LogP contribution in [0.1, 0.15) is 32.2 Å². The Morgan fingerprint density at radius 1 is 1.24 bits per heavy atom. The number of carbonyl (C=O) groups is 1. The second-order valence-corrected chi connectivity index (χ2v) is 10.6. The van der Waals surface area contributed by atoms with E-state index < -0.39 is 0 Å². The largest absolute Gasteiger partial charge is 0.486 e. The van der Waals surface area contributed by atoms with Crippen LogP contribution in [0.25, 0.3) is 0 Å².